The quantitative estimate of drug-likeness (QED) is 0.530. The normalized spacial score (nSPS) is 10.5. The lowest BCUT2D eigenvalue weighted by atomic mass is 10.2. The van der Waals surface area contributed by atoms with Crippen molar-refractivity contribution >= 4 is 0 Å². The Hall–Kier alpha value is -0.0800. The Balaban J connectivity index is 3.07. The van der Waals surface area contributed by atoms with E-state index in [0.717, 1.165) is 0 Å². The van der Waals surface area contributed by atoms with Crippen LogP contribution in [-0.2, 0) is 0 Å². The van der Waals surface area contributed by atoms with Crippen LogP contribution < -0.4 is 11.1 Å². The second-order valence-electron chi connectivity index (χ2n) is 1.92. The summed E-state index contributed by atoms with van der Waals surface area (Å²) in [7, 11) is 0. The molecule has 50 valence electrons. The molecule has 0 atom stereocenters. The molecule has 0 unspecified atom stereocenters. The van der Waals surface area contributed by atoms with Crippen molar-refractivity contribution in [2.24, 2.45) is 5.73 Å². The highest BCUT2D eigenvalue weighted by Gasteiger charge is 1.97. The van der Waals surface area contributed by atoms with E-state index in [0.29, 0.717) is 12.7 Å². The van der Waals surface area contributed by atoms with Gasteiger partial charge in [-0.3, -0.25) is 0 Å². The van der Waals surface area contributed by atoms with Crippen LogP contribution in [0, 0.1) is 0 Å². The first-order valence-corrected chi connectivity index (χ1v) is 3.28. The van der Waals surface area contributed by atoms with Crippen molar-refractivity contribution in [3.8, 4) is 0 Å². The summed E-state index contributed by atoms with van der Waals surface area (Å²) in [4.78, 5) is 0. The molecule has 8 heavy (non-hydrogen) atoms. The van der Waals surface area contributed by atoms with Gasteiger partial charge in [0.2, 0.25) is 0 Å². The predicted molar refractivity (Wildman–Crippen MR) is 36.6 cm³/mol. The lowest BCUT2D eigenvalue weighted by Gasteiger charge is -2.11. The van der Waals surface area contributed by atoms with E-state index in [2.05, 4.69) is 19.2 Å². The number of nitrogens with two attached hydrogens (primary N) is 1. The molecule has 2 heteroatoms. The van der Waals surface area contributed by atoms with Crippen LogP contribution in [0.1, 0.15) is 26.7 Å². The summed E-state index contributed by atoms with van der Waals surface area (Å²) in [6.45, 7) is 4.93. The lowest BCUT2D eigenvalue weighted by Crippen LogP contribution is -2.32. The fourth-order valence-electron chi connectivity index (χ4n) is 0.744. The van der Waals surface area contributed by atoms with Crippen LogP contribution in [0.4, 0.5) is 0 Å². The van der Waals surface area contributed by atoms with E-state index in [1.807, 2.05) is 0 Å². The van der Waals surface area contributed by atoms with Gasteiger partial charge in [0, 0.05) is 12.7 Å². The molecule has 2 nitrogen and oxygen atoms in total. The monoisotopic (exact) mass is 116 g/mol. The molecule has 0 aliphatic carbocycles. The zero-order valence-corrected chi connectivity index (χ0v) is 5.78. The summed E-state index contributed by atoms with van der Waals surface area (Å²) in [5, 5.41) is 3.16. The minimum atomic E-state index is 0.604. The second kappa shape index (κ2) is 5.06. The number of nitrogens with one attached hydrogen (secondary N) is 1. The minimum absolute atomic E-state index is 0.604. The van der Waals surface area contributed by atoms with Gasteiger partial charge in [0.05, 0.1) is 0 Å². The first-order valence-electron chi connectivity index (χ1n) is 3.28. The fourth-order valence-corrected chi connectivity index (χ4v) is 0.744. The molecular weight excluding hydrogens is 100 g/mol. The number of rotatable bonds is 4. The van der Waals surface area contributed by atoms with Gasteiger partial charge in [-0.05, 0) is 12.8 Å². The van der Waals surface area contributed by atoms with E-state index in [9.17, 15) is 0 Å². The van der Waals surface area contributed by atoms with E-state index in [1.165, 1.54) is 12.8 Å². The Kier molecular flexibility index (Phi) is 5.01. The second-order valence-corrected chi connectivity index (χ2v) is 1.92. The number of hydrogen-bond donors (Lipinski definition) is 2. The summed E-state index contributed by atoms with van der Waals surface area (Å²) in [6, 6.07) is 0.625. The molecular formula is C6H16N2. The molecule has 0 aliphatic heterocycles. The molecule has 0 amide bonds. The topological polar surface area (TPSA) is 38.0 Å². The molecule has 0 bridgehead atoms. The summed E-state index contributed by atoms with van der Waals surface area (Å²) >= 11 is 0. The van der Waals surface area contributed by atoms with Crippen LogP contribution >= 0.6 is 0 Å². The van der Waals surface area contributed by atoms with Gasteiger partial charge in [0.1, 0.15) is 0 Å². The van der Waals surface area contributed by atoms with Crippen molar-refractivity contribution in [3.05, 3.63) is 0 Å². The molecule has 0 rings (SSSR count). The molecule has 0 saturated carbocycles. The van der Waals surface area contributed by atoms with E-state index in [1.54, 1.807) is 0 Å². The fraction of sp³-hybridized carbons (Fsp3) is 1.00. The standard InChI is InChI=1S/C6H16N2/c1-3-6(4-2)8-5-7/h6,8H,3-5,7H2,1-2H3. The highest BCUT2D eigenvalue weighted by Crippen LogP contribution is 1.93. The Bertz CT molecular complexity index is 41.8. The van der Waals surface area contributed by atoms with Crippen LogP contribution in [-0.4, -0.2) is 12.7 Å². The molecule has 3 N–H and O–H groups in total. The third-order valence-corrected chi connectivity index (χ3v) is 1.39. The van der Waals surface area contributed by atoms with Gasteiger partial charge in [-0.15, -0.1) is 0 Å². The molecule has 0 aliphatic rings. The minimum Gasteiger partial charge on any atom is -0.318 e. The molecule has 0 fully saturated rings. The van der Waals surface area contributed by atoms with Gasteiger partial charge in [0.15, 0.2) is 0 Å². The summed E-state index contributed by atoms with van der Waals surface area (Å²) in [5.74, 6) is 0. The SMILES string of the molecule is CCC(CC)NCN. The number of hydrogen-bond acceptors (Lipinski definition) is 2. The Morgan fingerprint density at radius 1 is 1.38 bits per heavy atom. The Morgan fingerprint density at radius 3 is 2.00 bits per heavy atom. The van der Waals surface area contributed by atoms with Crippen molar-refractivity contribution in [3.63, 3.8) is 0 Å². The largest absolute Gasteiger partial charge is 0.318 e. The van der Waals surface area contributed by atoms with E-state index in [4.69, 9.17) is 5.73 Å². The maximum atomic E-state index is 5.27. The highest BCUT2D eigenvalue weighted by atomic mass is 15.0. The third-order valence-electron chi connectivity index (χ3n) is 1.39. The predicted octanol–water partition coefficient (Wildman–Crippen LogP) is 0.681. The van der Waals surface area contributed by atoms with Gasteiger partial charge in [0.25, 0.3) is 0 Å². The van der Waals surface area contributed by atoms with Gasteiger partial charge < -0.3 is 11.1 Å². The average molecular weight is 116 g/mol. The smallest absolute Gasteiger partial charge is 0.0430 e. The molecule has 0 spiro atoms. The summed E-state index contributed by atoms with van der Waals surface area (Å²) < 4.78 is 0. The Labute approximate surface area is 51.5 Å². The van der Waals surface area contributed by atoms with Crippen molar-refractivity contribution < 1.29 is 0 Å². The average Bonchev–Trinajstić information content (AvgIpc) is 1.83. The van der Waals surface area contributed by atoms with Gasteiger partial charge >= 0.3 is 0 Å². The first kappa shape index (κ1) is 7.92. The Morgan fingerprint density at radius 2 is 1.88 bits per heavy atom. The molecule has 0 radical (unpaired) electrons. The summed E-state index contributed by atoms with van der Waals surface area (Å²) in [6.07, 6.45) is 2.35. The molecule has 0 aromatic heterocycles. The van der Waals surface area contributed by atoms with Crippen molar-refractivity contribution in [1.29, 1.82) is 0 Å². The van der Waals surface area contributed by atoms with Gasteiger partial charge in [-0.1, -0.05) is 13.8 Å². The van der Waals surface area contributed by atoms with Crippen molar-refractivity contribution in [1.82, 2.24) is 5.32 Å². The van der Waals surface area contributed by atoms with E-state index < -0.39 is 0 Å². The van der Waals surface area contributed by atoms with Crippen LogP contribution in [0.5, 0.6) is 0 Å². The van der Waals surface area contributed by atoms with Crippen molar-refractivity contribution in [2.45, 2.75) is 32.7 Å². The van der Waals surface area contributed by atoms with E-state index in [-0.39, 0.29) is 0 Å². The summed E-state index contributed by atoms with van der Waals surface area (Å²) in [5.41, 5.74) is 5.27. The molecule has 0 aromatic rings. The van der Waals surface area contributed by atoms with Gasteiger partial charge in [-0.25, -0.2) is 0 Å². The zero-order valence-electron chi connectivity index (χ0n) is 5.78. The lowest BCUT2D eigenvalue weighted by molar-refractivity contribution is 0.493. The molecule has 0 saturated heterocycles. The maximum absolute atomic E-state index is 5.27. The zero-order chi connectivity index (χ0) is 6.41. The third kappa shape index (κ3) is 2.99. The first-order chi connectivity index (χ1) is 3.85. The molecule has 0 aromatic carbocycles. The van der Waals surface area contributed by atoms with Crippen LogP contribution in [0.3, 0.4) is 0 Å². The highest BCUT2D eigenvalue weighted by molar-refractivity contribution is 4.58. The maximum Gasteiger partial charge on any atom is 0.0430 e. The molecule has 0 heterocycles. The van der Waals surface area contributed by atoms with Crippen molar-refractivity contribution in [2.75, 3.05) is 6.67 Å². The van der Waals surface area contributed by atoms with E-state index >= 15 is 0 Å². The van der Waals surface area contributed by atoms with Gasteiger partial charge in [-0.2, -0.15) is 0 Å². The van der Waals surface area contributed by atoms with Crippen LogP contribution in [0.25, 0.3) is 0 Å². The van der Waals surface area contributed by atoms with Crippen LogP contribution in [0.2, 0.25) is 0 Å². The van der Waals surface area contributed by atoms with Crippen LogP contribution in [0.15, 0.2) is 0 Å².